The van der Waals surface area contributed by atoms with Crippen molar-refractivity contribution >= 4 is 11.6 Å². The number of primary amides is 1. The minimum absolute atomic E-state index is 0.0132. The number of β-amino-alcohol motifs (C(OH)–C–C–N with tert-alkyl or cyclic N) is 1. The molecule has 5 nitrogen and oxygen atoms in total. The van der Waals surface area contributed by atoms with Gasteiger partial charge in [-0.2, -0.15) is 0 Å². The lowest BCUT2D eigenvalue weighted by molar-refractivity contribution is -0.123. The number of benzene rings is 1. The van der Waals surface area contributed by atoms with Crippen molar-refractivity contribution in [1.29, 1.82) is 0 Å². The van der Waals surface area contributed by atoms with Gasteiger partial charge in [-0.1, -0.05) is 12.1 Å². The number of piperidine rings is 1. The van der Waals surface area contributed by atoms with Gasteiger partial charge in [-0.3, -0.25) is 4.79 Å². The lowest BCUT2D eigenvalue weighted by atomic mass is 9.96. The molecular formula is C14H21N3O2. The molecule has 2 rings (SSSR count). The summed E-state index contributed by atoms with van der Waals surface area (Å²) in [6, 6.07) is 7.31. The second-order valence-corrected chi connectivity index (χ2v) is 5.16. The second kappa shape index (κ2) is 6.04. The van der Waals surface area contributed by atoms with Gasteiger partial charge in [0, 0.05) is 18.2 Å². The molecule has 1 heterocycles. The SMILES string of the molecule is NC(=O)C1CCN(CC(O)c2cccc(N)c2)CC1. The quantitative estimate of drug-likeness (QED) is 0.690. The topological polar surface area (TPSA) is 92.6 Å². The molecule has 19 heavy (non-hydrogen) atoms. The fourth-order valence-electron chi connectivity index (χ4n) is 2.52. The van der Waals surface area contributed by atoms with Crippen LogP contribution in [0.4, 0.5) is 5.69 Å². The van der Waals surface area contributed by atoms with E-state index in [1.807, 2.05) is 12.1 Å². The van der Waals surface area contributed by atoms with Gasteiger partial charge in [0.2, 0.25) is 5.91 Å². The standard InChI is InChI=1S/C14H21N3O2/c15-12-3-1-2-11(8-12)13(18)9-17-6-4-10(5-7-17)14(16)19/h1-3,8,10,13,18H,4-7,9,15H2,(H2,16,19). The number of aliphatic hydroxyl groups excluding tert-OH is 1. The number of carbonyl (C=O) groups is 1. The Hall–Kier alpha value is -1.59. The average Bonchev–Trinajstić information content (AvgIpc) is 2.39. The number of hydrogen-bond donors (Lipinski definition) is 3. The van der Waals surface area contributed by atoms with Crippen LogP contribution >= 0.6 is 0 Å². The van der Waals surface area contributed by atoms with Gasteiger partial charge >= 0.3 is 0 Å². The fourth-order valence-corrected chi connectivity index (χ4v) is 2.52. The molecule has 1 aromatic carbocycles. The van der Waals surface area contributed by atoms with E-state index in [1.54, 1.807) is 12.1 Å². The summed E-state index contributed by atoms with van der Waals surface area (Å²) in [5.41, 5.74) is 12.5. The highest BCUT2D eigenvalue weighted by molar-refractivity contribution is 5.76. The smallest absolute Gasteiger partial charge is 0.220 e. The number of aliphatic hydroxyl groups is 1. The highest BCUT2D eigenvalue weighted by atomic mass is 16.3. The van der Waals surface area contributed by atoms with Gasteiger partial charge in [0.1, 0.15) is 0 Å². The van der Waals surface area contributed by atoms with Crippen molar-refractivity contribution in [3.05, 3.63) is 29.8 Å². The third-order valence-electron chi connectivity index (χ3n) is 3.72. The average molecular weight is 263 g/mol. The van der Waals surface area contributed by atoms with Crippen molar-refractivity contribution in [3.63, 3.8) is 0 Å². The van der Waals surface area contributed by atoms with Crippen LogP contribution in [0.15, 0.2) is 24.3 Å². The number of nitrogen functional groups attached to an aromatic ring is 1. The van der Waals surface area contributed by atoms with Crippen LogP contribution in [0.1, 0.15) is 24.5 Å². The zero-order valence-corrected chi connectivity index (χ0v) is 11.0. The van der Waals surface area contributed by atoms with Crippen molar-refractivity contribution in [2.75, 3.05) is 25.4 Å². The van der Waals surface area contributed by atoms with Crippen LogP contribution in [-0.2, 0) is 4.79 Å². The second-order valence-electron chi connectivity index (χ2n) is 5.16. The lowest BCUT2D eigenvalue weighted by Gasteiger charge is -2.31. The van der Waals surface area contributed by atoms with E-state index < -0.39 is 6.10 Å². The van der Waals surface area contributed by atoms with Gasteiger partial charge < -0.3 is 21.5 Å². The maximum Gasteiger partial charge on any atom is 0.220 e. The van der Waals surface area contributed by atoms with Crippen LogP contribution < -0.4 is 11.5 Å². The summed E-state index contributed by atoms with van der Waals surface area (Å²) in [5, 5.41) is 10.2. The summed E-state index contributed by atoms with van der Waals surface area (Å²) in [7, 11) is 0. The monoisotopic (exact) mass is 263 g/mol. The zero-order valence-electron chi connectivity index (χ0n) is 11.0. The van der Waals surface area contributed by atoms with E-state index in [2.05, 4.69) is 4.90 Å². The molecule has 0 spiro atoms. The van der Waals surface area contributed by atoms with E-state index in [9.17, 15) is 9.90 Å². The van der Waals surface area contributed by atoms with Crippen LogP contribution in [0.5, 0.6) is 0 Å². The Morgan fingerprint density at radius 3 is 2.68 bits per heavy atom. The Morgan fingerprint density at radius 2 is 2.11 bits per heavy atom. The molecule has 0 saturated carbocycles. The molecule has 0 radical (unpaired) electrons. The maximum absolute atomic E-state index is 11.1. The van der Waals surface area contributed by atoms with Gasteiger partial charge in [-0.25, -0.2) is 0 Å². The van der Waals surface area contributed by atoms with Crippen LogP contribution in [0.3, 0.4) is 0 Å². The van der Waals surface area contributed by atoms with E-state index in [0.29, 0.717) is 12.2 Å². The van der Waals surface area contributed by atoms with Crippen LogP contribution in [0.2, 0.25) is 0 Å². The van der Waals surface area contributed by atoms with E-state index in [-0.39, 0.29) is 11.8 Å². The lowest BCUT2D eigenvalue weighted by Crippen LogP contribution is -2.40. The number of amides is 1. The number of anilines is 1. The highest BCUT2D eigenvalue weighted by Gasteiger charge is 2.24. The Balaban J connectivity index is 1.87. The molecule has 1 saturated heterocycles. The molecule has 1 unspecified atom stereocenters. The van der Waals surface area contributed by atoms with E-state index in [0.717, 1.165) is 31.5 Å². The first kappa shape index (κ1) is 13.8. The molecule has 5 heteroatoms. The molecular weight excluding hydrogens is 242 g/mol. The normalized spacial score (nSPS) is 19.2. The van der Waals surface area contributed by atoms with Crippen LogP contribution in [-0.4, -0.2) is 35.5 Å². The predicted octanol–water partition coefficient (Wildman–Crippen LogP) is 0.499. The highest BCUT2D eigenvalue weighted by Crippen LogP contribution is 2.21. The summed E-state index contributed by atoms with van der Waals surface area (Å²) in [6.07, 6.45) is 1.01. The molecule has 1 fully saturated rings. The number of nitrogens with zero attached hydrogens (tertiary/aromatic N) is 1. The van der Waals surface area contributed by atoms with Crippen molar-refractivity contribution in [1.82, 2.24) is 4.90 Å². The molecule has 5 N–H and O–H groups in total. The maximum atomic E-state index is 11.1. The van der Waals surface area contributed by atoms with Gasteiger partial charge in [0.05, 0.1) is 6.10 Å². The Kier molecular flexibility index (Phi) is 4.39. The fraction of sp³-hybridized carbons (Fsp3) is 0.500. The summed E-state index contributed by atoms with van der Waals surface area (Å²) in [4.78, 5) is 13.2. The molecule has 0 aliphatic carbocycles. The summed E-state index contributed by atoms with van der Waals surface area (Å²) in [5.74, 6) is -0.225. The minimum atomic E-state index is -0.548. The third kappa shape index (κ3) is 3.68. The summed E-state index contributed by atoms with van der Waals surface area (Å²) < 4.78 is 0. The van der Waals surface area contributed by atoms with E-state index in [4.69, 9.17) is 11.5 Å². The first-order valence-electron chi connectivity index (χ1n) is 6.61. The Labute approximate surface area is 113 Å². The van der Waals surface area contributed by atoms with Crippen LogP contribution in [0, 0.1) is 5.92 Å². The number of nitrogens with two attached hydrogens (primary N) is 2. The van der Waals surface area contributed by atoms with E-state index in [1.165, 1.54) is 0 Å². The van der Waals surface area contributed by atoms with Crippen molar-refractivity contribution in [3.8, 4) is 0 Å². The Morgan fingerprint density at radius 1 is 1.42 bits per heavy atom. The molecule has 1 aliphatic heterocycles. The summed E-state index contributed by atoms with van der Waals surface area (Å²) in [6.45, 7) is 2.16. The number of likely N-dealkylation sites (tertiary alicyclic amines) is 1. The molecule has 1 aromatic rings. The van der Waals surface area contributed by atoms with Gasteiger partial charge in [0.15, 0.2) is 0 Å². The molecule has 1 amide bonds. The van der Waals surface area contributed by atoms with Crippen molar-refractivity contribution < 1.29 is 9.90 Å². The molecule has 0 aromatic heterocycles. The number of carbonyl (C=O) groups excluding carboxylic acids is 1. The van der Waals surface area contributed by atoms with Crippen molar-refractivity contribution in [2.45, 2.75) is 18.9 Å². The Bertz CT molecular complexity index is 442. The number of hydrogen-bond acceptors (Lipinski definition) is 4. The van der Waals surface area contributed by atoms with Gasteiger partial charge in [-0.05, 0) is 43.6 Å². The first-order valence-corrected chi connectivity index (χ1v) is 6.61. The minimum Gasteiger partial charge on any atom is -0.399 e. The molecule has 104 valence electrons. The largest absolute Gasteiger partial charge is 0.399 e. The van der Waals surface area contributed by atoms with Crippen LogP contribution in [0.25, 0.3) is 0 Å². The van der Waals surface area contributed by atoms with Gasteiger partial charge in [0.25, 0.3) is 0 Å². The number of rotatable bonds is 4. The van der Waals surface area contributed by atoms with E-state index >= 15 is 0 Å². The zero-order chi connectivity index (χ0) is 13.8. The predicted molar refractivity (Wildman–Crippen MR) is 74.2 cm³/mol. The molecule has 0 bridgehead atoms. The first-order chi connectivity index (χ1) is 9.06. The third-order valence-corrected chi connectivity index (χ3v) is 3.72. The van der Waals surface area contributed by atoms with Gasteiger partial charge in [-0.15, -0.1) is 0 Å². The summed E-state index contributed by atoms with van der Waals surface area (Å²) >= 11 is 0. The molecule has 1 atom stereocenters. The van der Waals surface area contributed by atoms with Crippen molar-refractivity contribution in [2.24, 2.45) is 11.7 Å². The molecule has 1 aliphatic rings.